The van der Waals surface area contributed by atoms with Crippen LogP contribution in [-0.4, -0.2) is 78.2 Å². The lowest BCUT2D eigenvalue weighted by molar-refractivity contribution is 0.182. The van der Waals surface area contributed by atoms with Gasteiger partial charge in [-0.1, -0.05) is 0 Å². The van der Waals surface area contributed by atoms with Gasteiger partial charge in [-0.3, -0.25) is 9.18 Å². The molecule has 0 spiro atoms. The van der Waals surface area contributed by atoms with E-state index in [1.54, 1.807) is 16.7 Å². The molecule has 0 bridgehead atoms. The molecule has 2 fully saturated rings. The number of nitrogens with one attached hydrogen (secondary N) is 1. The summed E-state index contributed by atoms with van der Waals surface area (Å²) in [6.07, 6.45) is 5.66. The number of ether oxygens (including phenoxy) is 1. The minimum atomic E-state index is -3.78. The van der Waals surface area contributed by atoms with E-state index in [1.165, 1.54) is 23.2 Å². The van der Waals surface area contributed by atoms with Gasteiger partial charge in [0.1, 0.15) is 17.1 Å². The zero-order valence-electron chi connectivity index (χ0n) is 21.4. The Bertz CT molecular complexity index is 1440. The molecule has 1 aromatic carbocycles. The van der Waals surface area contributed by atoms with E-state index < -0.39 is 10.0 Å². The van der Waals surface area contributed by atoms with Gasteiger partial charge in [0.15, 0.2) is 0 Å². The average molecular weight is 532 g/mol. The second kappa shape index (κ2) is 10.5. The van der Waals surface area contributed by atoms with Crippen molar-refractivity contribution in [2.45, 2.75) is 37.5 Å². The molecule has 1 N–H and O–H groups in total. The molecule has 200 valence electrons. The molecule has 3 heterocycles. The van der Waals surface area contributed by atoms with Gasteiger partial charge in [0.05, 0.1) is 29.3 Å². The number of halogens is 1. The van der Waals surface area contributed by atoms with Gasteiger partial charge >= 0.3 is 0 Å². The van der Waals surface area contributed by atoms with Crippen LogP contribution in [0.3, 0.4) is 0 Å². The maximum atomic E-state index is 13.5. The summed E-state index contributed by atoms with van der Waals surface area (Å²) in [4.78, 5) is 23.0. The normalized spacial score (nSPS) is 17.5. The highest BCUT2D eigenvalue weighted by atomic mass is 32.2. The van der Waals surface area contributed by atoms with Gasteiger partial charge in [0.2, 0.25) is 10.0 Å². The summed E-state index contributed by atoms with van der Waals surface area (Å²) in [5, 5.41) is 0. The van der Waals surface area contributed by atoms with Crippen molar-refractivity contribution in [2.24, 2.45) is 13.0 Å². The number of hydrogen-bond donors (Lipinski definition) is 1. The summed E-state index contributed by atoms with van der Waals surface area (Å²) in [5.41, 5.74) is 2.34. The highest BCUT2D eigenvalue weighted by molar-refractivity contribution is 7.89. The Hall–Kier alpha value is -2.76. The first-order valence-corrected chi connectivity index (χ1v) is 14.4. The molecule has 0 amide bonds. The van der Waals surface area contributed by atoms with Gasteiger partial charge in [-0.2, -0.15) is 4.31 Å². The van der Waals surface area contributed by atoms with Crippen molar-refractivity contribution >= 4 is 21.1 Å². The molecular formula is C26H34FN5O4S. The summed E-state index contributed by atoms with van der Waals surface area (Å²) in [5.74, 6) is 1.37. The predicted octanol–water partition coefficient (Wildman–Crippen LogP) is 2.95. The number of rotatable bonds is 10. The van der Waals surface area contributed by atoms with Crippen LogP contribution in [0.2, 0.25) is 0 Å². The summed E-state index contributed by atoms with van der Waals surface area (Å²) in [7, 11) is -1.94. The minimum Gasteiger partial charge on any atom is -0.493 e. The van der Waals surface area contributed by atoms with Gasteiger partial charge in [0, 0.05) is 46.0 Å². The van der Waals surface area contributed by atoms with E-state index in [1.807, 2.05) is 20.2 Å². The Labute approximate surface area is 216 Å². The van der Waals surface area contributed by atoms with Crippen molar-refractivity contribution in [3.05, 3.63) is 40.3 Å². The number of aryl methyl sites for hydroxylation is 1. The first kappa shape index (κ1) is 25.9. The van der Waals surface area contributed by atoms with Gasteiger partial charge in [0.25, 0.3) is 5.56 Å². The van der Waals surface area contributed by atoms with E-state index >= 15 is 0 Å². The topological polar surface area (TPSA) is 101 Å². The van der Waals surface area contributed by atoms with E-state index in [-0.39, 0.29) is 23.0 Å². The van der Waals surface area contributed by atoms with E-state index in [0.717, 1.165) is 12.0 Å². The summed E-state index contributed by atoms with van der Waals surface area (Å²) >= 11 is 0. The zero-order chi connectivity index (χ0) is 26.2. The van der Waals surface area contributed by atoms with Crippen molar-refractivity contribution in [3.8, 4) is 17.1 Å². The third-order valence-corrected chi connectivity index (χ3v) is 9.08. The van der Waals surface area contributed by atoms with Crippen LogP contribution in [0.25, 0.3) is 22.4 Å². The molecule has 9 nitrogen and oxygen atoms in total. The number of sulfonamides is 1. The van der Waals surface area contributed by atoms with Gasteiger partial charge < -0.3 is 19.2 Å². The van der Waals surface area contributed by atoms with E-state index in [9.17, 15) is 17.6 Å². The lowest BCUT2D eigenvalue weighted by atomic mass is 10.1. The SMILES string of the molecule is CCOc1ccc(S(=O)(=O)N2CCN(CCCF)CC2)cc1-c1nc2c(CC3CC3)cn(C)c2c(=O)[nH]1. The Morgan fingerprint density at radius 2 is 1.95 bits per heavy atom. The molecule has 1 aliphatic carbocycles. The van der Waals surface area contributed by atoms with Crippen LogP contribution in [0.5, 0.6) is 5.75 Å². The molecule has 0 atom stereocenters. The van der Waals surface area contributed by atoms with Gasteiger partial charge in [-0.15, -0.1) is 0 Å². The fourth-order valence-electron chi connectivity index (χ4n) is 5.05. The number of nitrogens with zero attached hydrogens (tertiary/aromatic N) is 4. The highest BCUT2D eigenvalue weighted by Gasteiger charge is 2.30. The van der Waals surface area contributed by atoms with Crippen LogP contribution >= 0.6 is 0 Å². The number of fused-ring (bicyclic) bond motifs is 1. The average Bonchev–Trinajstić information content (AvgIpc) is 3.65. The van der Waals surface area contributed by atoms with E-state index in [2.05, 4.69) is 9.88 Å². The van der Waals surface area contributed by atoms with E-state index in [4.69, 9.17) is 9.72 Å². The Morgan fingerprint density at radius 1 is 1.19 bits per heavy atom. The molecule has 5 rings (SSSR count). The van der Waals surface area contributed by atoms with Crippen LogP contribution in [0.15, 0.2) is 34.1 Å². The summed E-state index contributed by atoms with van der Waals surface area (Å²) in [6.45, 7) is 4.28. The molecule has 3 aromatic rings. The minimum absolute atomic E-state index is 0.122. The molecule has 2 aromatic heterocycles. The number of piperazine rings is 1. The van der Waals surface area contributed by atoms with E-state index in [0.29, 0.717) is 74.0 Å². The lowest BCUT2D eigenvalue weighted by Crippen LogP contribution is -2.48. The highest BCUT2D eigenvalue weighted by Crippen LogP contribution is 2.36. The molecule has 0 unspecified atom stereocenters. The third-order valence-electron chi connectivity index (χ3n) is 7.19. The number of benzene rings is 1. The van der Waals surface area contributed by atoms with Gasteiger partial charge in [-0.25, -0.2) is 13.4 Å². The molecule has 1 saturated heterocycles. The summed E-state index contributed by atoms with van der Waals surface area (Å²) < 4.78 is 48.7. The van der Waals surface area contributed by atoms with Crippen molar-refractivity contribution in [1.82, 2.24) is 23.7 Å². The quantitative estimate of drug-likeness (QED) is 0.432. The van der Waals surface area contributed by atoms with Crippen molar-refractivity contribution in [2.75, 3.05) is 46.0 Å². The maximum absolute atomic E-state index is 13.5. The molecule has 1 saturated carbocycles. The molecule has 2 aliphatic rings. The Balaban J connectivity index is 1.51. The zero-order valence-corrected chi connectivity index (χ0v) is 22.2. The van der Waals surface area contributed by atoms with Crippen molar-refractivity contribution in [3.63, 3.8) is 0 Å². The lowest BCUT2D eigenvalue weighted by Gasteiger charge is -2.33. The first-order valence-electron chi connectivity index (χ1n) is 13.0. The van der Waals surface area contributed by atoms with Crippen molar-refractivity contribution in [1.29, 1.82) is 0 Å². The number of aromatic nitrogens is 3. The predicted molar refractivity (Wildman–Crippen MR) is 140 cm³/mol. The summed E-state index contributed by atoms with van der Waals surface area (Å²) in [6, 6.07) is 4.71. The standard InChI is InChI=1S/C26H34FN5O4S/c1-3-36-22-8-7-20(37(34,35)32-13-11-31(12-14-32)10-4-9-27)16-21(22)25-28-23-19(15-18-5-6-18)17-30(2)24(23)26(33)29-25/h7-8,16-18H,3-6,9-15H2,1-2H3,(H,28,29,33). The van der Waals surface area contributed by atoms with Crippen LogP contribution < -0.4 is 10.3 Å². The van der Waals surface area contributed by atoms with Crippen LogP contribution in [0.4, 0.5) is 4.39 Å². The van der Waals surface area contributed by atoms with Crippen molar-refractivity contribution < 1.29 is 17.5 Å². The van der Waals surface area contributed by atoms with Crippen LogP contribution in [0, 0.1) is 5.92 Å². The molecule has 0 radical (unpaired) electrons. The maximum Gasteiger partial charge on any atom is 0.275 e. The fourth-order valence-corrected chi connectivity index (χ4v) is 6.50. The molecule has 11 heteroatoms. The molecule has 37 heavy (non-hydrogen) atoms. The van der Waals surface area contributed by atoms with Gasteiger partial charge in [-0.05, 0) is 62.3 Å². The number of aromatic amines is 1. The molecule has 1 aliphatic heterocycles. The molecular weight excluding hydrogens is 497 g/mol. The first-order chi connectivity index (χ1) is 17.8. The fraction of sp³-hybridized carbons (Fsp3) is 0.538. The Morgan fingerprint density at radius 3 is 2.62 bits per heavy atom. The number of H-pyrrole nitrogens is 1. The number of alkyl halides is 1. The van der Waals surface area contributed by atoms with Crippen LogP contribution in [0.1, 0.15) is 31.7 Å². The largest absolute Gasteiger partial charge is 0.493 e. The second-order valence-electron chi connectivity index (χ2n) is 9.90. The third kappa shape index (κ3) is 5.30. The monoisotopic (exact) mass is 531 g/mol. The second-order valence-corrected chi connectivity index (χ2v) is 11.8. The smallest absolute Gasteiger partial charge is 0.275 e. The Kier molecular flexibility index (Phi) is 7.37. The number of hydrogen-bond acceptors (Lipinski definition) is 6. The van der Waals surface area contributed by atoms with Crippen LogP contribution in [-0.2, 0) is 23.5 Å².